The minimum absolute atomic E-state index is 0.0194. The van der Waals surface area contributed by atoms with E-state index >= 15 is 4.39 Å². The molecule has 2 aromatic carbocycles. The highest BCUT2D eigenvalue weighted by Gasteiger charge is 2.47. The number of anilines is 2. The molecule has 39 heavy (non-hydrogen) atoms. The second kappa shape index (κ2) is 8.77. The summed E-state index contributed by atoms with van der Waals surface area (Å²) < 4.78 is 46.6. The van der Waals surface area contributed by atoms with Crippen LogP contribution >= 0.6 is 11.6 Å². The molecule has 0 bridgehead atoms. The first-order valence-electron chi connectivity index (χ1n) is 12.3. The number of amides is 2. The molecule has 2 aliphatic heterocycles. The van der Waals surface area contributed by atoms with E-state index in [1.54, 1.807) is 11.8 Å². The van der Waals surface area contributed by atoms with Crippen molar-refractivity contribution < 1.29 is 27.9 Å². The van der Waals surface area contributed by atoms with Gasteiger partial charge in [0.1, 0.15) is 29.5 Å². The first-order chi connectivity index (χ1) is 18.5. The van der Waals surface area contributed by atoms with Crippen molar-refractivity contribution >= 4 is 45.7 Å². The largest absolute Gasteiger partial charge is 0.507 e. The number of rotatable bonds is 3. The number of phenolic OH excluding ortho intramolecular Hbond substituents is 1. The van der Waals surface area contributed by atoms with Crippen molar-refractivity contribution in [2.75, 3.05) is 23.3 Å². The Morgan fingerprint density at radius 1 is 1.23 bits per heavy atom. The van der Waals surface area contributed by atoms with Gasteiger partial charge >= 0.3 is 0 Å². The van der Waals surface area contributed by atoms with Crippen LogP contribution in [-0.4, -0.2) is 57.7 Å². The molecule has 3 aliphatic rings. The van der Waals surface area contributed by atoms with Crippen molar-refractivity contribution in [3.05, 3.63) is 63.9 Å². The first-order valence-corrected chi connectivity index (χ1v) is 12.7. The van der Waals surface area contributed by atoms with Gasteiger partial charge in [0.2, 0.25) is 11.8 Å². The third-order valence-corrected chi connectivity index (χ3v) is 7.94. The molecular formula is C27H22ClF3N4O4. The molecule has 12 heteroatoms. The molecule has 2 fully saturated rings. The standard InChI is InChI=1S/C27H22ClF3N4O4/c1-3-19(37)33-10-17-26(38)32-23-25(34(17)9-11(33)2)12-7-13(28)20(21-14(29)5-4-6-18(21)36)22(31)24(12)35(27(23)39)16-8-15(16)30/h3-7,11,15-17,36H,1,8-10H2,2H3,(H,32,38)/t11-,15+,16-,17-/m1/s1. The lowest BCUT2D eigenvalue weighted by molar-refractivity contribution is -0.130. The van der Waals surface area contributed by atoms with Crippen molar-refractivity contribution in [2.45, 2.75) is 37.6 Å². The van der Waals surface area contributed by atoms with E-state index in [2.05, 4.69) is 11.9 Å². The quantitative estimate of drug-likeness (QED) is 0.471. The summed E-state index contributed by atoms with van der Waals surface area (Å²) in [5, 5.41) is 12.8. The number of aromatic hydroxyl groups is 1. The van der Waals surface area contributed by atoms with E-state index in [0.717, 1.165) is 16.7 Å². The third-order valence-electron chi connectivity index (χ3n) is 7.65. The number of carbonyl (C=O) groups excluding carboxylic acids is 2. The molecule has 0 spiro atoms. The Hall–Kier alpha value is -3.99. The number of nitrogens with zero attached hydrogens (tertiary/aromatic N) is 3. The zero-order chi connectivity index (χ0) is 27.9. The van der Waals surface area contributed by atoms with Crippen LogP contribution < -0.4 is 15.8 Å². The van der Waals surface area contributed by atoms with E-state index in [-0.39, 0.29) is 52.7 Å². The Kier molecular flexibility index (Phi) is 5.69. The van der Waals surface area contributed by atoms with Gasteiger partial charge in [0.25, 0.3) is 5.56 Å². The Bertz CT molecular complexity index is 1660. The van der Waals surface area contributed by atoms with E-state index in [9.17, 15) is 28.3 Å². The Morgan fingerprint density at radius 2 is 1.95 bits per heavy atom. The first kappa shape index (κ1) is 25.3. The Balaban J connectivity index is 1.66. The fourth-order valence-corrected chi connectivity index (χ4v) is 5.98. The van der Waals surface area contributed by atoms with Crippen molar-refractivity contribution in [2.24, 2.45) is 0 Å². The average Bonchev–Trinajstić information content (AvgIpc) is 3.61. The molecule has 2 N–H and O–H groups in total. The molecule has 3 heterocycles. The van der Waals surface area contributed by atoms with Gasteiger partial charge in [0.05, 0.1) is 34.4 Å². The number of carbonyl (C=O) groups is 2. The second-order valence-electron chi connectivity index (χ2n) is 10.00. The predicted molar refractivity (Wildman–Crippen MR) is 140 cm³/mol. The van der Waals surface area contributed by atoms with Gasteiger partial charge in [-0.25, -0.2) is 13.2 Å². The molecular weight excluding hydrogens is 537 g/mol. The highest BCUT2D eigenvalue weighted by atomic mass is 35.5. The Morgan fingerprint density at radius 3 is 2.59 bits per heavy atom. The van der Waals surface area contributed by atoms with E-state index in [1.165, 1.54) is 23.1 Å². The summed E-state index contributed by atoms with van der Waals surface area (Å²) in [5.74, 6) is -3.54. The molecule has 1 saturated carbocycles. The second-order valence-corrected chi connectivity index (χ2v) is 10.4. The fraction of sp³-hybridized carbons (Fsp3) is 0.296. The van der Waals surface area contributed by atoms with E-state index in [0.29, 0.717) is 0 Å². The molecule has 8 nitrogen and oxygen atoms in total. The monoisotopic (exact) mass is 558 g/mol. The number of benzene rings is 2. The van der Waals surface area contributed by atoms with Crippen LogP contribution in [0.15, 0.2) is 41.7 Å². The summed E-state index contributed by atoms with van der Waals surface area (Å²) in [6.07, 6.45) is -0.330. The number of piperazine rings is 1. The zero-order valence-corrected chi connectivity index (χ0v) is 21.3. The number of hydrogen-bond acceptors (Lipinski definition) is 5. The molecule has 202 valence electrons. The summed E-state index contributed by atoms with van der Waals surface area (Å²) in [7, 11) is 0. The summed E-state index contributed by atoms with van der Waals surface area (Å²) >= 11 is 6.51. The van der Waals surface area contributed by atoms with Gasteiger partial charge in [-0.1, -0.05) is 24.2 Å². The number of alkyl halides is 1. The predicted octanol–water partition coefficient (Wildman–Crippen LogP) is 4.13. The van der Waals surface area contributed by atoms with Gasteiger partial charge in [-0.05, 0) is 31.2 Å². The Labute approximate surface area is 224 Å². The average molecular weight is 559 g/mol. The summed E-state index contributed by atoms with van der Waals surface area (Å²) in [5.41, 5.74) is -2.10. The molecule has 1 saturated heterocycles. The molecule has 1 aliphatic carbocycles. The third kappa shape index (κ3) is 3.63. The molecule has 6 rings (SSSR count). The smallest absolute Gasteiger partial charge is 0.277 e. The topological polar surface area (TPSA) is 94.9 Å². The minimum Gasteiger partial charge on any atom is -0.507 e. The molecule has 0 unspecified atom stereocenters. The maximum absolute atomic E-state index is 16.5. The normalized spacial score (nSPS) is 23.8. The lowest BCUT2D eigenvalue weighted by Crippen LogP contribution is -2.64. The lowest BCUT2D eigenvalue weighted by Gasteiger charge is -2.48. The van der Waals surface area contributed by atoms with E-state index < -0.39 is 64.3 Å². The summed E-state index contributed by atoms with van der Waals surface area (Å²) in [6.45, 7) is 5.36. The van der Waals surface area contributed by atoms with Crippen LogP contribution in [0.25, 0.3) is 22.0 Å². The number of hydrogen-bond donors (Lipinski definition) is 2. The van der Waals surface area contributed by atoms with Crippen LogP contribution in [0.3, 0.4) is 0 Å². The van der Waals surface area contributed by atoms with Crippen molar-refractivity contribution in [1.29, 1.82) is 0 Å². The van der Waals surface area contributed by atoms with Crippen LogP contribution in [0.1, 0.15) is 19.4 Å². The van der Waals surface area contributed by atoms with Crippen LogP contribution in [0.2, 0.25) is 5.02 Å². The van der Waals surface area contributed by atoms with Crippen LogP contribution in [0, 0.1) is 11.6 Å². The van der Waals surface area contributed by atoms with Gasteiger partial charge in [-0.15, -0.1) is 0 Å². The van der Waals surface area contributed by atoms with Gasteiger partial charge in [0.15, 0.2) is 5.82 Å². The maximum Gasteiger partial charge on any atom is 0.277 e. The van der Waals surface area contributed by atoms with Gasteiger partial charge in [-0.2, -0.15) is 0 Å². The lowest BCUT2D eigenvalue weighted by atomic mass is 9.96. The van der Waals surface area contributed by atoms with Gasteiger partial charge in [0, 0.05) is 30.0 Å². The zero-order valence-electron chi connectivity index (χ0n) is 20.6. The number of pyridine rings is 1. The highest BCUT2D eigenvalue weighted by molar-refractivity contribution is 6.34. The minimum atomic E-state index is -1.43. The van der Waals surface area contributed by atoms with E-state index in [1.807, 2.05) is 0 Å². The van der Waals surface area contributed by atoms with Crippen molar-refractivity contribution in [3.63, 3.8) is 0 Å². The number of nitrogens with one attached hydrogen (secondary N) is 1. The number of fused-ring (bicyclic) bond motifs is 5. The van der Waals surface area contributed by atoms with Crippen LogP contribution in [0.5, 0.6) is 5.75 Å². The summed E-state index contributed by atoms with van der Waals surface area (Å²) in [6, 6.07) is 2.44. The molecule has 3 aromatic rings. The SMILES string of the molecule is C=CC(=O)N1C[C@@H]2C(=O)Nc3c(c4cc(Cl)c(-c5c(O)cccc5F)c(F)c4n([C@@H]4C[C@@H]4F)c3=O)N2C[C@H]1C. The number of phenols is 1. The maximum atomic E-state index is 16.5. The van der Waals surface area contributed by atoms with Crippen LogP contribution in [-0.2, 0) is 9.59 Å². The molecule has 1 aromatic heterocycles. The number of halogens is 4. The molecule has 0 radical (unpaired) electrons. The number of aromatic nitrogens is 1. The fourth-order valence-electron chi connectivity index (χ4n) is 5.70. The molecule has 2 amide bonds. The van der Waals surface area contributed by atoms with Gasteiger partial charge in [-0.3, -0.25) is 19.0 Å². The van der Waals surface area contributed by atoms with E-state index in [4.69, 9.17) is 11.6 Å². The summed E-state index contributed by atoms with van der Waals surface area (Å²) in [4.78, 5) is 42.4. The molecule has 4 atom stereocenters. The van der Waals surface area contributed by atoms with Crippen molar-refractivity contribution in [1.82, 2.24) is 9.47 Å². The van der Waals surface area contributed by atoms with Crippen LogP contribution in [0.4, 0.5) is 24.5 Å². The highest BCUT2D eigenvalue weighted by Crippen LogP contribution is 2.48. The van der Waals surface area contributed by atoms with Crippen molar-refractivity contribution in [3.8, 4) is 16.9 Å². The van der Waals surface area contributed by atoms with Gasteiger partial charge < -0.3 is 20.2 Å².